The third-order valence-electron chi connectivity index (χ3n) is 4.85. The van der Waals surface area contributed by atoms with Gasteiger partial charge in [-0.3, -0.25) is 9.52 Å². The number of rotatable bonds is 7. The second-order valence-electron chi connectivity index (χ2n) is 7.35. The Morgan fingerprint density at radius 2 is 1.48 bits per heavy atom. The Morgan fingerprint density at radius 3 is 2.18 bits per heavy atom. The number of carbonyl (C=O) groups excluding carboxylic acids is 1. The highest BCUT2D eigenvalue weighted by atomic mass is 32.2. The van der Waals surface area contributed by atoms with E-state index in [0.717, 1.165) is 12.1 Å². The van der Waals surface area contributed by atoms with Gasteiger partial charge in [0, 0.05) is 23.1 Å². The highest BCUT2D eigenvalue weighted by Crippen LogP contribution is 2.32. The number of sulfonamides is 1. The molecule has 0 aromatic heterocycles. The van der Waals surface area contributed by atoms with E-state index in [9.17, 15) is 17.6 Å². The molecule has 0 saturated heterocycles. The molecule has 1 unspecified atom stereocenters. The molecule has 33 heavy (non-hydrogen) atoms. The van der Waals surface area contributed by atoms with Gasteiger partial charge in [0.05, 0.1) is 4.90 Å². The first kappa shape index (κ1) is 22.4. The van der Waals surface area contributed by atoms with Crippen LogP contribution in [-0.4, -0.2) is 33.6 Å². The highest BCUT2D eigenvalue weighted by molar-refractivity contribution is 7.92. The number of carbonyl (C=O) groups is 1. The molecule has 172 valence electrons. The third-order valence-corrected chi connectivity index (χ3v) is 6.24. The second kappa shape index (κ2) is 9.37. The van der Waals surface area contributed by atoms with Crippen molar-refractivity contribution in [1.29, 1.82) is 0 Å². The average Bonchev–Trinajstić information content (AvgIpc) is 2.80. The summed E-state index contributed by atoms with van der Waals surface area (Å²) < 4.78 is 51.3. The Morgan fingerprint density at radius 1 is 0.879 bits per heavy atom. The summed E-state index contributed by atoms with van der Waals surface area (Å²) >= 11 is 0. The van der Waals surface area contributed by atoms with Crippen molar-refractivity contribution in [2.45, 2.75) is 17.9 Å². The second-order valence-corrected chi connectivity index (χ2v) is 9.03. The molecule has 0 fully saturated rings. The molecule has 0 saturated carbocycles. The first-order valence-corrected chi connectivity index (χ1v) is 11.6. The number of amides is 1. The summed E-state index contributed by atoms with van der Waals surface area (Å²) in [7, 11) is -3.84. The van der Waals surface area contributed by atoms with Crippen LogP contribution in [-0.2, 0) is 14.8 Å². The summed E-state index contributed by atoms with van der Waals surface area (Å²) in [5, 5.41) is 5.89. The van der Waals surface area contributed by atoms with Crippen LogP contribution >= 0.6 is 0 Å². The molecular formula is C23H22FN3O5S. The summed E-state index contributed by atoms with van der Waals surface area (Å²) in [5.41, 5.74) is 1.55. The molecule has 0 bridgehead atoms. The zero-order chi connectivity index (χ0) is 23.4. The van der Waals surface area contributed by atoms with Gasteiger partial charge in [0.1, 0.15) is 25.1 Å². The summed E-state index contributed by atoms with van der Waals surface area (Å²) in [6, 6.07) is 15.6. The van der Waals surface area contributed by atoms with Crippen LogP contribution in [0.25, 0.3) is 0 Å². The summed E-state index contributed by atoms with van der Waals surface area (Å²) in [4.78, 5) is 12.5. The van der Waals surface area contributed by atoms with Crippen molar-refractivity contribution in [3.63, 3.8) is 0 Å². The largest absolute Gasteiger partial charge is 0.486 e. The van der Waals surface area contributed by atoms with E-state index in [1.54, 1.807) is 49.4 Å². The van der Waals surface area contributed by atoms with Gasteiger partial charge in [-0.2, -0.15) is 0 Å². The van der Waals surface area contributed by atoms with E-state index >= 15 is 0 Å². The number of halogens is 1. The predicted molar refractivity (Wildman–Crippen MR) is 123 cm³/mol. The third kappa shape index (κ3) is 5.53. The van der Waals surface area contributed by atoms with Crippen LogP contribution in [0.2, 0.25) is 0 Å². The molecule has 1 aliphatic rings. The number of hydrogen-bond acceptors (Lipinski definition) is 6. The molecule has 4 rings (SSSR count). The predicted octanol–water partition coefficient (Wildman–Crippen LogP) is 3.84. The Bertz CT molecular complexity index is 1250. The van der Waals surface area contributed by atoms with E-state index in [1.807, 2.05) is 0 Å². The molecule has 1 atom stereocenters. The van der Waals surface area contributed by atoms with Crippen molar-refractivity contribution in [3.8, 4) is 11.5 Å². The lowest BCUT2D eigenvalue weighted by molar-refractivity contribution is -0.116. The van der Waals surface area contributed by atoms with E-state index in [4.69, 9.17) is 9.47 Å². The minimum absolute atomic E-state index is 0.0458. The number of nitrogens with one attached hydrogen (secondary N) is 3. The van der Waals surface area contributed by atoms with Gasteiger partial charge < -0.3 is 20.1 Å². The molecule has 1 heterocycles. The summed E-state index contributed by atoms with van der Waals surface area (Å²) in [6.45, 7) is 2.66. The average molecular weight is 472 g/mol. The van der Waals surface area contributed by atoms with Crippen molar-refractivity contribution in [2.24, 2.45) is 0 Å². The van der Waals surface area contributed by atoms with Crippen LogP contribution < -0.4 is 24.8 Å². The van der Waals surface area contributed by atoms with E-state index in [0.29, 0.717) is 41.8 Å². The summed E-state index contributed by atoms with van der Waals surface area (Å²) in [6.07, 6.45) is 0. The number of hydrogen-bond donors (Lipinski definition) is 3. The molecule has 3 aromatic carbocycles. The minimum Gasteiger partial charge on any atom is -0.486 e. The molecule has 3 aromatic rings. The molecule has 1 aliphatic heterocycles. The molecule has 0 radical (unpaired) electrons. The van der Waals surface area contributed by atoms with Gasteiger partial charge in [0.15, 0.2) is 11.5 Å². The molecule has 8 nitrogen and oxygen atoms in total. The lowest BCUT2D eigenvalue weighted by Gasteiger charge is -2.20. The van der Waals surface area contributed by atoms with Crippen molar-refractivity contribution >= 4 is 33.0 Å². The molecule has 1 amide bonds. The minimum atomic E-state index is -3.84. The van der Waals surface area contributed by atoms with Crippen molar-refractivity contribution < 1.29 is 27.1 Å². The molecule has 0 spiro atoms. The fourth-order valence-corrected chi connectivity index (χ4v) is 4.21. The van der Waals surface area contributed by atoms with Crippen molar-refractivity contribution in [3.05, 3.63) is 72.5 Å². The fourth-order valence-electron chi connectivity index (χ4n) is 3.15. The van der Waals surface area contributed by atoms with E-state index in [-0.39, 0.29) is 10.8 Å². The van der Waals surface area contributed by atoms with Gasteiger partial charge in [-0.25, -0.2) is 12.8 Å². The maximum atomic E-state index is 13.0. The van der Waals surface area contributed by atoms with Crippen LogP contribution in [0.1, 0.15) is 6.92 Å². The van der Waals surface area contributed by atoms with Gasteiger partial charge in [-0.1, -0.05) is 0 Å². The van der Waals surface area contributed by atoms with Crippen molar-refractivity contribution in [1.82, 2.24) is 0 Å². The number of benzene rings is 3. The van der Waals surface area contributed by atoms with Gasteiger partial charge in [-0.15, -0.1) is 0 Å². The normalized spacial score (nSPS) is 13.6. The molecule has 3 N–H and O–H groups in total. The zero-order valence-corrected chi connectivity index (χ0v) is 18.5. The molecule has 10 heteroatoms. The Labute approximate surface area is 190 Å². The lowest BCUT2D eigenvalue weighted by Crippen LogP contribution is -2.31. The first-order chi connectivity index (χ1) is 15.8. The van der Waals surface area contributed by atoms with E-state index in [1.165, 1.54) is 12.1 Å². The Hall–Kier alpha value is -3.79. The highest BCUT2D eigenvalue weighted by Gasteiger charge is 2.17. The first-order valence-electron chi connectivity index (χ1n) is 10.2. The van der Waals surface area contributed by atoms with E-state index < -0.39 is 21.9 Å². The zero-order valence-electron chi connectivity index (χ0n) is 17.7. The molecule has 0 aliphatic carbocycles. The molecular weight excluding hydrogens is 449 g/mol. The van der Waals surface area contributed by atoms with Crippen LogP contribution in [0.4, 0.5) is 21.5 Å². The number of fused-ring (bicyclic) bond motifs is 1. The maximum absolute atomic E-state index is 13.0. The topological polar surface area (TPSA) is 106 Å². The van der Waals surface area contributed by atoms with Gasteiger partial charge in [0.25, 0.3) is 10.0 Å². The lowest BCUT2D eigenvalue weighted by atomic mass is 10.2. The smallest absolute Gasteiger partial charge is 0.261 e. The Kier molecular flexibility index (Phi) is 6.36. The Balaban J connectivity index is 1.35. The van der Waals surface area contributed by atoms with Crippen LogP contribution in [0.5, 0.6) is 11.5 Å². The van der Waals surface area contributed by atoms with Gasteiger partial charge in [0.2, 0.25) is 5.91 Å². The quantitative estimate of drug-likeness (QED) is 0.484. The monoisotopic (exact) mass is 471 g/mol. The van der Waals surface area contributed by atoms with E-state index in [2.05, 4.69) is 15.4 Å². The summed E-state index contributed by atoms with van der Waals surface area (Å²) in [5.74, 6) is 0.447. The number of anilines is 3. The standard InChI is InChI=1S/C23H22FN3O5S/c1-15(23(28)26-19-8-11-21-22(14-19)32-13-12-31-21)25-17-4-6-18(7-5-17)27-33(29,30)20-9-2-16(24)3-10-20/h2-11,14-15,25,27H,12-13H2,1H3,(H,26,28). The van der Waals surface area contributed by atoms with Crippen LogP contribution in [0.15, 0.2) is 71.6 Å². The van der Waals surface area contributed by atoms with Gasteiger partial charge >= 0.3 is 0 Å². The maximum Gasteiger partial charge on any atom is 0.261 e. The van der Waals surface area contributed by atoms with Crippen LogP contribution in [0, 0.1) is 5.82 Å². The van der Waals surface area contributed by atoms with Crippen LogP contribution in [0.3, 0.4) is 0 Å². The van der Waals surface area contributed by atoms with Gasteiger partial charge in [-0.05, 0) is 67.6 Å². The SMILES string of the molecule is CC(Nc1ccc(NS(=O)(=O)c2ccc(F)cc2)cc1)C(=O)Nc1ccc2c(c1)OCCO2. The number of ether oxygens (including phenoxy) is 2. The fraction of sp³-hybridized carbons (Fsp3) is 0.174. The van der Waals surface area contributed by atoms with Crippen molar-refractivity contribution in [2.75, 3.05) is 28.6 Å².